The molecule has 1 aromatic heterocycles. The van der Waals surface area contributed by atoms with E-state index >= 15 is 0 Å². The molecule has 170 valence electrons. The monoisotopic (exact) mass is 462 g/mol. The van der Waals surface area contributed by atoms with Crippen LogP contribution in [0.2, 0.25) is 0 Å². The molecule has 6 nitrogen and oxygen atoms in total. The summed E-state index contributed by atoms with van der Waals surface area (Å²) in [4.78, 5) is 31.7. The Labute approximate surface area is 196 Å². The lowest BCUT2D eigenvalue weighted by Crippen LogP contribution is -2.39. The van der Waals surface area contributed by atoms with Gasteiger partial charge in [0, 0.05) is 0 Å². The van der Waals surface area contributed by atoms with Crippen LogP contribution in [0.15, 0.2) is 63.5 Å². The number of benzene rings is 2. The third-order valence-corrected chi connectivity index (χ3v) is 6.61. The van der Waals surface area contributed by atoms with Crippen molar-refractivity contribution in [1.29, 1.82) is 0 Å². The first-order chi connectivity index (χ1) is 15.8. The molecular formula is C26H26N2O4S. The number of aromatic nitrogens is 1. The largest absolute Gasteiger partial charge is 0.496 e. The SMILES string of the molecule is CCOC(=O)C1=C(C)N=c2s/c(=C/c3ccc(OC)c(C)c3)c(=O)n2[C@H]1c1ccc(C)cc1. The average molecular weight is 463 g/mol. The van der Waals surface area contributed by atoms with Gasteiger partial charge in [0.15, 0.2) is 4.80 Å². The van der Waals surface area contributed by atoms with Gasteiger partial charge in [0.1, 0.15) is 5.75 Å². The first kappa shape index (κ1) is 22.7. The van der Waals surface area contributed by atoms with Crippen LogP contribution in [-0.2, 0) is 9.53 Å². The molecule has 0 saturated heterocycles. The average Bonchev–Trinajstić information content (AvgIpc) is 3.08. The first-order valence-electron chi connectivity index (χ1n) is 10.7. The van der Waals surface area contributed by atoms with Crippen molar-refractivity contribution in [3.8, 4) is 5.75 Å². The van der Waals surface area contributed by atoms with Gasteiger partial charge in [0.25, 0.3) is 5.56 Å². The molecule has 0 N–H and O–H groups in total. The van der Waals surface area contributed by atoms with Crippen LogP contribution in [-0.4, -0.2) is 24.3 Å². The molecule has 2 heterocycles. The maximum absolute atomic E-state index is 13.6. The van der Waals surface area contributed by atoms with E-state index in [1.54, 1.807) is 25.5 Å². The number of hydrogen-bond acceptors (Lipinski definition) is 6. The maximum atomic E-state index is 13.6. The molecule has 0 saturated carbocycles. The summed E-state index contributed by atoms with van der Waals surface area (Å²) >= 11 is 1.32. The van der Waals surface area contributed by atoms with Crippen LogP contribution in [0.4, 0.5) is 0 Å². The van der Waals surface area contributed by atoms with Gasteiger partial charge in [0.2, 0.25) is 0 Å². The number of esters is 1. The van der Waals surface area contributed by atoms with Crippen LogP contribution < -0.4 is 19.6 Å². The van der Waals surface area contributed by atoms with E-state index in [4.69, 9.17) is 9.47 Å². The predicted octanol–water partition coefficient (Wildman–Crippen LogP) is 3.42. The molecule has 0 fully saturated rings. The van der Waals surface area contributed by atoms with Crippen LogP contribution in [0.1, 0.15) is 42.1 Å². The van der Waals surface area contributed by atoms with Crippen molar-refractivity contribution in [3.63, 3.8) is 0 Å². The topological polar surface area (TPSA) is 69.9 Å². The molecule has 1 atom stereocenters. The number of ether oxygens (including phenoxy) is 2. The van der Waals surface area contributed by atoms with Gasteiger partial charge in [-0.1, -0.05) is 47.2 Å². The molecule has 7 heteroatoms. The fraction of sp³-hybridized carbons (Fsp3) is 0.269. The lowest BCUT2D eigenvalue weighted by atomic mass is 9.95. The van der Waals surface area contributed by atoms with E-state index in [0.717, 1.165) is 28.0 Å². The summed E-state index contributed by atoms with van der Waals surface area (Å²) in [6.45, 7) is 7.76. The van der Waals surface area contributed by atoms with Crippen molar-refractivity contribution in [3.05, 3.63) is 95.7 Å². The molecule has 0 unspecified atom stereocenters. The fourth-order valence-electron chi connectivity index (χ4n) is 4.00. The Morgan fingerprint density at radius 2 is 1.88 bits per heavy atom. The minimum atomic E-state index is -0.597. The number of carbonyl (C=O) groups is 1. The van der Waals surface area contributed by atoms with Gasteiger partial charge in [0.05, 0.1) is 35.6 Å². The third kappa shape index (κ3) is 4.28. The molecule has 0 spiro atoms. The molecule has 0 aliphatic carbocycles. The molecule has 0 amide bonds. The van der Waals surface area contributed by atoms with Gasteiger partial charge in [-0.3, -0.25) is 9.36 Å². The Hall–Kier alpha value is -3.45. The lowest BCUT2D eigenvalue weighted by Gasteiger charge is -2.24. The van der Waals surface area contributed by atoms with E-state index in [1.165, 1.54) is 11.3 Å². The number of thiazole rings is 1. The van der Waals surface area contributed by atoms with Gasteiger partial charge in [-0.05, 0) is 62.6 Å². The van der Waals surface area contributed by atoms with Gasteiger partial charge >= 0.3 is 5.97 Å². The zero-order valence-electron chi connectivity index (χ0n) is 19.3. The normalized spacial score (nSPS) is 15.8. The molecule has 33 heavy (non-hydrogen) atoms. The number of hydrogen-bond donors (Lipinski definition) is 0. The zero-order chi connectivity index (χ0) is 23.7. The Morgan fingerprint density at radius 1 is 1.15 bits per heavy atom. The molecule has 0 bridgehead atoms. The molecular weight excluding hydrogens is 436 g/mol. The number of carbonyl (C=O) groups excluding carboxylic acids is 1. The van der Waals surface area contributed by atoms with E-state index < -0.39 is 12.0 Å². The summed E-state index contributed by atoms with van der Waals surface area (Å²) in [7, 11) is 1.63. The molecule has 0 radical (unpaired) electrons. The smallest absolute Gasteiger partial charge is 0.338 e. The summed E-state index contributed by atoms with van der Waals surface area (Å²) in [5.41, 5.74) is 4.58. The molecule has 4 rings (SSSR count). The summed E-state index contributed by atoms with van der Waals surface area (Å²) in [6.07, 6.45) is 1.85. The maximum Gasteiger partial charge on any atom is 0.338 e. The Balaban J connectivity index is 1.93. The molecule has 1 aliphatic rings. The highest BCUT2D eigenvalue weighted by atomic mass is 32.1. The Bertz CT molecular complexity index is 1430. The summed E-state index contributed by atoms with van der Waals surface area (Å²) in [6, 6.07) is 13.0. The summed E-state index contributed by atoms with van der Waals surface area (Å²) in [5.74, 6) is 0.340. The number of fused-ring (bicyclic) bond motifs is 1. The van der Waals surface area contributed by atoms with E-state index in [9.17, 15) is 9.59 Å². The Morgan fingerprint density at radius 3 is 2.52 bits per heavy atom. The second-order valence-corrected chi connectivity index (χ2v) is 8.95. The van der Waals surface area contributed by atoms with E-state index in [2.05, 4.69) is 4.99 Å². The van der Waals surface area contributed by atoms with Crippen molar-refractivity contribution in [1.82, 2.24) is 4.57 Å². The summed E-state index contributed by atoms with van der Waals surface area (Å²) < 4.78 is 12.8. The fourth-order valence-corrected chi connectivity index (χ4v) is 5.05. The molecule has 1 aliphatic heterocycles. The van der Waals surface area contributed by atoms with E-state index in [0.29, 0.717) is 20.6 Å². The number of methoxy groups -OCH3 is 1. The molecule has 3 aromatic rings. The standard InChI is InChI=1S/C26H26N2O4S/c1-6-32-25(30)22-17(4)27-26-28(23(22)19-10-7-15(2)8-11-19)24(29)21(33-26)14-18-9-12-20(31-5)16(3)13-18/h7-14,23H,6H2,1-5H3/b21-14+/t23-/m0/s1. The van der Waals surface area contributed by atoms with Crippen molar-refractivity contribution in [2.45, 2.75) is 33.7 Å². The predicted molar refractivity (Wildman–Crippen MR) is 129 cm³/mol. The second-order valence-electron chi connectivity index (χ2n) is 7.94. The van der Waals surface area contributed by atoms with Crippen LogP contribution >= 0.6 is 11.3 Å². The quantitative estimate of drug-likeness (QED) is 0.545. The molecule has 2 aromatic carbocycles. The van der Waals surface area contributed by atoms with Crippen molar-refractivity contribution >= 4 is 23.4 Å². The lowest BCUT2D eigenvalue weighted by molar-refractivity contribution is -0.139. The van der Waals surface area contributed by atoms with Crippen molar-refractivity contribution < 1.29 is 14.3 Å². The highest BCUT2D eigenvalue weighted by Crippen LogP contribution is 2.30. The number of nitrogens with zero attached hydrogens (tertiary/aromatic N) is 2. The van der Waals surface area contributed by atoms with Crippen LogP contribution in [0.3, 0.4) is 0 Å². The van der Waals surface area contributed by atoms with Gasteiger partial charge in [-0.25, -0.2) is 9.79 Å². The third-order valence-electron chi connectivity index (χ3n) is 5.63. The Kier molecular flexibility index (Phi) is 6.33. The van der Waals surface area contributed by atoms with Crippen LogP contribution in [0.25, 0.3) is 6.08 Å². The highest BCUT2D eigenvalue weighted by molar-refractivity contribution is 7.07. The van der Waals surface area contributed by atoms with Gasteiger partial charge in [-0.15, -0.1) is 0 Å². The van der Waals surface area contributed by atoms with E-state index in [-0.39, 0.29) is 12.2 Å². The van der Waals surface area contributed by atoms with Crippen molar-refractivity contribution in [2.75, 3.05) is 13.7 Å². The summed E-state index contributed by atoms with van der Waals surface area (Å²) in [5, 5.41) is 0. The van der Waals surface area contributed by atoms with E-state index in [1.807, 2.05) is 62.4 Å². The van der Waals surface area contributed by atoms with Crippen molar-refractivity contribution in [2.24, 2.45) is 4.99 Å². The minimum absolute atomic E-state index is 0.188. The number of rotatable bonds is 5. The van der Waals surface area contributed by atoms with Crippen LogP contribution in [0.5, 0.6) is 5.75 Å². The number of aryl methyl sites for hydroxylation is 2. The highest BCUT2D eigenvalue weighted by Gasteiger charge is 2.33. The van der Waals surface area contributed by atoms with Crippen LogP contribution in [0, 0.1) is 13.8 Å². The first-order valence-corrected chi connectivity index (χ1v) is 11.6. The number of allylic oxidation sites excluding steroid dienone is 1. The second kappa shape index (κ2) is 9.19. The minimum Gasteiger partial charge on any atom is -0.496 e. The van der Waals surface area contributed by atoms with Gasteiger partial charge < -0.3 is 9.47 Å². The zero-order valence-corrected chi connectivity index (χ0v) is 20.2. The van der Waals surface area contributed by atoms with Gasteiger partial charge in [-0.2, -0.15) is 0 Å².